The van der Waals surface area contributed by atoms with Gasteiger partial charge in [-0.1, -0.05) is 12.2 Å². The van der Waals surface area contributed by atoms with Gasteiger partial charge in [0.2, 0.25) is 0 Å². The fraction of sp³-hybridized carbons (Fsp3) is 0.333. The van der Waals surface area contributed by atoms with Gasteiger partial charge in [-0.2, -0.15) is 0 Å². The fourth-order valence-corrected chi connectivity index (χ4v) is 1.07. The highest BCUT2D eigenvalue weighted by Crippen LogP contribution is 2.20. The molecule has 0 amide bonds. The van der Waals surface area contributed by atoms with Gasteiger partial charge >= 0.3 is 11.9 Å². The summed E-state index contributed by atoms with van der Waals surface area (Å²) in [5.41, 5.74) is 0.950. The first-order valence-corrected chi connectivity index (χ1v) is 3.75. The van der Waals surface area contributed by atoms with Crippen LogP contribution in [0.4, 0.5) is 0 Å². The van der Waals surface area contributed by atoms with Gasteiger partial charge in [-0.05, 0) is 0 Å². The van der Waals surface area contributed by atoms with Crippen LogP contribution in [0.15, 0.2) is 23.3 Å². The smallest absolute Gasteiger partial charge is 0.334 e. The normalized spacial score (nSPS) is 14.6. The summed E-state index contributed by atoms with van der Waals surface area (Å²) in [5, 5.41) is 0. The van der Waals surface area contributed by atoms with Crippen molar-refractivity contribution in [2.75, 3.05) is 14.2 Å². The first kappa shape index (κ1) is 9.51. The zero-order chi connectivity index (χ0) is 9.84. The van der Waals surface area contributed by atoms with Gasteiger partial charge in [0.05, 0.1) is 14.2 Å². The molecule has 0 unspecified atom stereocenters. The molecule has 0 aromatic carbocycles. The monoisotopic (exact) mass is 182 g/mol. The van der Waals surface area contributed by atoms with Gasteiger partial charge in [0, 0.05) is 17.6 Å². The van der Waals surface area contributed by atoms with Crippen LogP contribution in [-0.4, -0.2) is 26.2 Å². The molecule has 0 saturated heterocycles. The highest BCUT2D eigenvalue weighted by molar-refractivity contribution is 5.97. The van der Waals surface area contributed by atoms with Gasteiger partial charge < -0.3 is 9.47 Å². The van der Waals surface area contributed by atoms with E-state index in [1.54, 1.807) is 12.2 Å². The second kappa shape index (κ2) is 3.89. The topological polar surface area (TPSA) is 52.6 Å². The molecule has 13 heavy (non-hydrogen) atoms. The number of ether oxygens (including phenoxy) is 2. The molecule has 4 heteroatoms. The Bertz CT molecular complexity index is 269. The molecule has 0 aromatic rings. The van der Waals surface area contributed by atoms with Crippen molar-refractivity contribution in [3.8, 4) is 0 Å². The maximum atomic E-state index is 11.0. The summed E-state index contributed by atoms with van der Waals surface area (Å²) in [7, 11) is 2.61. The Morgan fingerprint density at radius 1 is 1.08 bits per heavy atom. The lowest BCUT2D eigenvalue weighted by Crippen LogP contribution is -2.07. The largest absolute Gasteiger partial charge is 0.466 e. The van der Waals surface area contributed by atoms with Gasteiger partial charge in [-0.25, -0.2) is 9.59 Å². The minimum atomic E-state index is -0.407. The Hall–Kier alpha value is -1.58. The van der Waals surface area contributed by atoms with Crippen molar-refractivity contribution in [1.82, 2.24) is 0 Å². The van der Waals surface area contributed by atoms with E-state index in [0.29, 0.717) is 17.6 Å². The van der Waals surface area contributed by atoms with Crippen LogP contribution in [0.5, 0.6) is 0 Å². The molecule has 0 saturated carbocycles. The number of hydrogen-bond donors (Lipinski definition) is 0. The standard InChI is InChI=1S/C9H10O4/c1-12-8(10)6-3-4-7(5-6)9(11)13-2/h3-4H,5H2,1-2H3. The van der Waals surface area contributed by atoms with Gasteiger partial charge in [0.15, 0.2) is 0 Å². The average molecular weight is 182 g/mol. The van der Waals surface area contributed by atoms with E-state index in [9.17, 15) is 9.59 Å². The fourth-order valence-electron chi connectivity index (χ4n) is 1.07. The van der Waals surface area contributed by atoms with E-state index < -0.39 is 11.9 Å². The lowest BCUT2D eigenvalue weighted by molar-refractivity contribution is -0.136. The predicted octanol–water partition coefficient (Wildman–Crippen LogP) is 0.589. The van der Waals surface area contributed by atoms with Crippen molar-refractivity contribution < 1.29 is 19.1 Å². The summed E-state index contributed by atoms with van der Waals surface area (Å²) in [6.07, 6.45) is 3.43. The van der Waals surface area contributed by atoms with Gasteiger partial charge in [0.1, 0.15) is 0 Å². The lowest BCUT2D eigenvalue weighted by atomic mass is 10.1. The van der Waals surface area contributed by atoms with Crippen LogP contribution in [0.1, 0.15) is 6.42 Å². The number of methoxy groups -OCH3 is 2. The molecule has 0 heterocycles. The van der Waals surface area contributed by atoms with Crippen LogP contribution in [0.3, 0.4) is 0 Å². The minimum Gasteiger partial charge on any atom is -0.466 e. The number of rotatable bonds is 2. The first-order chi connectivity index (χ1) is 6.19. The Labute approximate surface area is 75.8 Å². The van der Waals surface area contributed by atoms with Crippen LogP contribution >= 0.6 is 0 Å². The molecule has 0 aromatic heterocycles. The second-order valence-electron chi connectivity index (χ2n) is 2.54. The third kappa shape index (κ3) is 1.96. The molecule has 0 aliphatic heterocycles. The first-order valence-electron chi connectivity index (χ1n) is 3.75. The second-order valence-corrected chi connectivity index (χ2v) is 2.54. The zero-order valence-corrected chi connectivity index (χ0v) is 7.49. The molecular weight excluding hydrogens is 172 g/mol. The Kier molecular flexibility index (Phi) is 2.84. The molecule has 0 N–H and O–H groups in total. The van der Waals surface area contributed by atoms with Gasteiger partial charge in [0.25, 0.3) is 0 Å². The van der Waals surface area contributed by atoms with Crippen molar-refractivity contribution in [1.29, 1.82) is 0 Å². The third-order valence-electron chi connectivity index (χ3n) is 1.76. The van der Waals surface area contributed by atoms with E-state index in [0.717, 1.165) is 0 Å². The van der Waals surface area contributed by atoms with Crippen molar-refractivity contribution in [3.05, 3.63) is 23.3 Å². The summed E-state index contributed by atoms with van der Waals surface area (Å²) in [6.45, 7) is 0. The number of esters is 2. The maximum Gasteiger partial charge on any atom is 0.334 e. The van der Waals surface area contributed by atoms with Crippen molar-refractivity contribution in [2.24, 2.45) is 0 Å². The molecule has 70 valence electrons. The highest BCUT2D eigenvalue weighted by atomic mass is 16.5. The lowest BCUT2D eigenvalue weighted by Gasteiger charge is -2.01. The Balaban J connectivity index is 2.59. The van der Waals surface area contributed by atoms with Crippen LogP contribution in [0, 0.1) is 0 Å². The molecule has 0 radical (unpaired) electrons. The Morgan fingerprint density at radius 2 is 1.46 bits per heavy atom. The van der Waals surface area contributed by atoms with Crippen molar-refractivity contribution in [3.63, 3.8) is 0 Å². The molecule has 0 bridgehead atoms. The molecule has 1 aliphatic carbocycles. The van der Waals surface area contributed by atoms with E-state index in [-0.39, 0.29) is 0 Å². The molecular formula is C9H10O4. The number of hydrogen-bond acceptors (Lipinski definition) is 4. The third-order valence-corrected chi connectivity index (χ3v) is 1.76. The van der Waals surface area contributed by atoms with Crippen LogP contribution in [0.25, 0.3) is 0 Å². The maximum absolute atomic E-state index is 11.0. The summed E-state index contributed by atoms with van der Waals surface area (Å²) in [5.74, 6) is -0.815. The SMILES string of the molecule is COC(=O)C1=CC=C(C(=O)OC)C1. The molecule has 0 spiro atoms. The summed E-state index contributed by atoms with van der Waals surface area (Å²) >= 11 is 0. The minimum absolute atomic E-state index is 0.291. The zero-order valence-electron chi connectivity index (χ0n) is 7.49. The summed E-state index contributed by atoms with van der Waals surface area (Å²) in [4.78, 5) is 22.0. The quantitative estimate of drug-likeness (QED) is 0.586. The van der Waals surface area contributed by atoms with Crippen LogP contribution in [-0.2, 0) is 19.1 Å². The molecule has 1 aliphatic rings. The number of allylic oxidation sites excluding steroid dienone is 2. The van der Waals surface area contributed by atoms with E-state index in [1.165, 1.54) is 14.2 Å². The molecule has 0 fully saturated rings. The molecule has 0 atom stereocenters. The van der Waals surface area contributed by atoms with Crippen molar-refractivity contribution in [2.45, 2.75) is 6.42 Å². The van der Waals surface area contributed by atoms with E-state index in [2.05, 4.69) is 9.47 Å². The number of carbonyl (C=O) groups is 2. The van der Waals surface area contributed by atoms with E-state index >= 15 is 0 Å². The van der Waals surface area contributed by atoms with Gasteiger partial charge in [-0.3, -0.25) is 0 Å². The van der Waals surface area contributed by atoms with E-state index in [4.69, 9.17) is 0 Å². The highest BCUT2D eigenvalue weighted by Gasteiger charge is 2.20. The molecule has 1 rings (SSSR count). The molecule has 4 nitrogen and oxygen atoms in total. The van der Waals surface area contributed by atoms with Crippen LogP contribution < -0.4 is 0 Å². The number of carbonyl (C=O) groups excluding carboxylic acids is 2. The summed E-state index contributed by atoms with van der Waals surface area (Å²) in [6, 6.07) is 0. The summed E-state index contributed by atoms with van der Waals surface area (Å²) < 4.78 is 9.01. The van der Waals surface area contributed by atoms with Crippen LogP contribution in [0.2, 0.25) is 0 Å². The Morgan fingerprint density at radius 3 is 1.77 bits per heavy atom. The van der Waals surface area contributed by atoms with Gasteiger partial charge in [-0.15, -0.1) is 0 Å². The predicted molar refractivity (Wildman–Crippen MR) is 44.8 cm³/mol. The van der Waals surface area contributed by atoms with E-state index in [1.807, 2.05) is 0 Å². The average Bonchev–Trinajstić information content (AvgIpc) is 2.64. The van der Waals surface area contributed by atoms with Crippen molar-refractivity contribution >= 4 is 11.9 Å².